The van der Waals surface area contributed by atoms with E-state index in [9.17, 15) is 14.4 Å². The lowest BCUT2D eigenvalue weighted by molar-refractivity contribution is -0.167. The van der Waals surface area contributed by atoms with Gasteiger partial charge in [0.1, 0.15) is 13.2 Å². The van der Waals surface area contributed by atoms with Crippen molar-refractivity contribution < 1.29 is 28.6 Å². The smallest absolute Gasteiger partial charge is 0.306 e. The van der Waals surface area contributed by atoms with Crippen LogP contribution in [0.3, 0.4) is 0 Å². The second-order valence-electron chi connectivity index (χ2n) is 14.6. The predicted octanol–water partition coefficient (Wildman–Crippen LogP) is 13.6. The third-order valence-electron chi connectivity index (χ3n) is 9.46. The number of esters is 3. The van der Waals surface area contributed by atoms with Gasteiger partial charge in [0.25, 0.3) is 0 Å². The molecule has 6 nitrogen and oxygen atoms in total. The molecule has 0 saturated carbocycles. The van der Waals surface area contributed by atoms with E-state index in [1.807, 2.05) is 0 Å². The van der Waals surface area contributed by atoms with Gasteiger partial charge in [-0.05, 0) is 44.9 Å². The van der Waals surface area contributed by atoms with E-state index in [0.717, 1.165) is 77.0 Å². The average Bonchev–Trinajstić information content (AvgIpc) is 3.12. The molecule has 0 aromatic rings. The summed E-state index contributed by atoms with van der Waals surface area (Å²) in [5.74, 6) is -0.889. The Hall–Kier alpha value is -2.11. The number of allylic oxidation sites excluding steroid dienone is 4. The van der Waals surface area contributed by atoms with Crippen LogP contribution in [0.25, 0.3) is 0 Å². The molecule has 0 amide bonds. The normalized spacial score (nSPS) is 12.1. The summed E-state index contributed by atoms with van der Waals surface area (Å²) in [6, 6.07) is 0. The molecule has 0 aliphatic heterocycles. The summed E-state index contributed by atoms with van der Waals surface area (Å²) in [7, 11) is 0. The molecule has 0 N–H and O–H groups in total. The molecule has 6 heteroatoms. The van der Waals surface area contributed by atoms with Crippen LogP contribution in [0.4, 0.5) is 0 Å². The lowest BCUT2D eigenvalue weighted by Gasteiger charge is -2.18. The van der Waals surface area contributed by atoms with Gasteiger partial charge in [-0.1, -0.05) is 186 Å². The minimum Gasteiger partial charge on any atom is -0.462 e. The molecule has 51 heavy (non-hydrogen) atoms. The molecular weight excluding hydrogens is 636 g/mol. The van der Waals surface area contributed by atoms with E-state index in [-0.39, 0.29) is 31.1 Å². The number of rotatable bonds is 39. The van der Waals surface area contributed by atoms with Gasteiger partial charge >= 0.3 is 17.9 Å². The lowest BCUT2D eigenvalue weighted by atomic mass is 10.1. The van der Waals surface area contributed by atoms with Crippen LogP contribution in [-0.2, 0) is 28.6 Å². The summed E-state index contributed by atoms with van der Waals surface area (Å²) in [5, 5.41) is 0. The highest BCUT2D eigenvalue weighted by atomic mass is 16.6. The molecule has 0 fully saturated rings. The number of hydrogen-bond acceptors (Lipinski definition) is 6. The Labute approximate surface area is 315 Å². The molecule has 0 aliphatic carbocycles. The van der Waals surface area contributed by atoms with Crippen LogP contribution in [0.15, 0.2) is 24.3 Å². The third kappa shape index (κ3) is 38.9. The Morgan fingerprint density at radius 1 is 0.392 bits per heavy atom. The summed E-state index contributed by atoms with van der Waals surface area (Å²) in [6.45, 7) is 6.55. The van der Waals surface area contributed by atoms with Gasteiger partial charge in [-0.25, -0.2) is 0 Å². The zero-order valence-corrected chi connectivity index (χ0v) is 33.9. The van der Waals surface area contributed by atoms with Crippen LogP contribution in [0.5, 0.6) is 0 Å². The van der Waals surface area contributed by atoms with Crippen molar-refractivity contribution in [3.8, 4) is 0 Å². The monoisotopic (exact) mass is 719 g/mol. The number of unbranched alkanes of at least 4 members (excludes halogenated alkanes) is 24. The average molecular weight is 719 g/mol. The first-order chi connectivity index (χ1) is 25.0. The Bertz CT molecular complexity index is 835. The maximum Gasteiger partial charge on any atom is 0.306 e. The second-order valence-corrected chi connectivity index (χ2v) is 14.6. The first-order valence-corrected chi connectivity index (χ1v) is 21.8. The first kappa shape index (κ1) is 48.9. The summed E-state index contributed by atoms with van der Waals surface area (Å²) >= 11 is 0. The Morgan fingerprint density at radius 2 is 0.725 bits per heavy atom. The van der Waals surface area contributed by atoms with Crippen LogP contribution < -0.4 is 0 Å². The molecular formula is C45H82O6. The van der Waals surface area contributed by atoms with Gasteiger partial charge in [-0.2, -0.15) is 0 Å². The number of ether oxygens (including phenoxy) is 3. The van der Waals surface area contributed by atoms with Gasteiger partial charge in [-0.15, -0.1) is 0 Å². The van der Waals surface area contributed by atoms with Gasteiger partial charge in [-0.3, -0.25) is 14.4 Å². The highest BCUT2D eigenvalue weighted by Crippen LogP contribution is 2.14. The van der Waals surface area contributed by atoms with Crippen molar-refractivity contribution in [1.82, 2.24) is 0 Å². The highest BCUT2D eigenvalue weighted by molar-refractivity contribution is 5.71. The van der Waals surface area contributed by atoms with Gasteiger partial charge in [0.05, 0.1) is 0 Å². The van der Waals surface area contributed by atoms with Crippen molar-refractivity contribution in [2.24, 2.45) is 0 Å². The van der Waals surface area contributed by atoms with Crippen LogP contribution in [0.1, 0.15) is 226 Å². The first-order valence-electron chi connectivity index (χ1n) is 21.8. The van der Waals surface area contributed by atoms with E-state index < -0.39 is 6.10 Å². The van der Waals surface area contributed by atoms with Crippen molar-refractivity contribution in [3.63, 3.8) is 0 Å². The Morgan fingerprint density at radius 3 is 1.14 bits per heavy atom. The van der Waals surface area contributed by atoms with E-state index >= 15 is 0 Å². The molecule has 0 heterocycles. The maximum atomic E-state index is 12.6. The standard InChI is InChI=1S/C45H82O6/c1-4-7-10-13-16-19-21-22-23-24-27-29-32-35-38-44(47)50-41-42(40-49-43(46)37-34-31-28-25-18-15-12-9-6-3)51-45(48)39-36-33-30-26-20-17-14-11-8-5-2/h13,16,21-22,42H,4-12,14-15,17-20,23-41H2,1-3H3/b16-13-,22-21-. The fourth-order valence-corrected chi connectivity index (χ4v) is 6.10. The molecule has 298 valence electrons. The summed E-state index contributed by atoms with van der Waals surface area (Å²) in [5.41, 5.74) is 0. The van der Waals surface area contributed by atoms with Crippen molar-refractivity contribution >= 4 is 17.9 Å². The van der Waals surface area contributed by atoms with E-state index in [0.29, 0.717) is 19.3 Å². The Kier molecular flexibility index (Phi) is 39.0. The fraction of sp³-hybridized carbons (Fsp3) is 0.844. The molecule has 0 saturated heterocycles. The largest absolute Gasteiger partial charge is 0.462 e. The van der Waals surface area contributed by atoms with Crippen LogP contribution in [0.2, 0.25) is 0 Å². The quantitative estimate of drug-likeness (QED) is 0.0272. The van der Waals surface area contributed by atoms with Gasteiger partial charge < -0.3 is 14.2 Å². The summed E-state index contributed by atoms with van der Waals surface area (Å²) in [4.78, 5) is 37.6. The molecule has 0 aromatic heterocycles. The Balaban J connectivity index is 4.35. The van der Waals surface area contributed by atoms with Crippen LogP contribution in [0, 0.1) is 0 Å². The third-order valence-corrected chi connectivity index (χ3v) is 9.46. The van der Waals surface area contributed by atoms with Crippen molar-refractivity contribution in [1.29, 1.82) is 0 Å². The van der Waals surface area contributed by atoms with Crippen LogP contribution >= 0.6 is 0 Å². The van der Waals surface area contributed by atoms with E-state index in [1.165, 1.54) is 109 Å². The van der Waals surface area contributed by atoms with Gasteiger partial charge in [0.2, 0.25) is 0 Å². The van der Waals surface area contributed by atoms with Crippen LogP contribution in [-0.4, -0.2) is 37.2 Å². The van der Waals surface area contributed by atoms with Crippen molar-refractivity contribution in [3.05, 3.63) is 24.3 Å². The molecule has 0 aromatic carbocycles. The lowest BCUT2D eigenvalue weighted by Crippen LogP contribution is -2.30. The van der Waals surface area contributed by atoms with Crippen molar-refractivity contribution in [2.75, 3.05) is 13.2 Å². The van der Waals surface area contributed by atoms with E-state index in [2.05, 4.69) is 45.1 Å². The number of hydrogen-bond donors (Lipinski definition) is 0. The van der Waals surface area contributed by atoms with E-state index in [1.54, 1.807) is 0 Å². The fourth-order valence-electron chi connectivity index (χ4n) is 6.10. The molecule has 0 radical (unpaired) electrons. The molecule has 0 bridgehead atoms. The molecule has 0 rings (SSSR count). The van der Waals surface area contributed by atoms with Gasteiger partial charge in [0.15, 0.2) is 6.10 Å². The molecule has 1 atom stereocenters. The summed E-state index contributed by atoms with van der Waals surface area (Å²) in [6.07, 6.45) is 43.0. The maximum absolute atomic E-state index is 12.6. The predicted molar refractivity (Wildman–Crippen MR) is 215 cm³/mol. The van der Waals surface area contributed by atoms with E-state index in [4.69, 9.17) is 14.2 Å². The topological polar surface area (TPSA) is 78.9 Å². The van der Waals surface area contributed by atoms with Gasteiger partial charge in [0, 0.05) is 19.3 Å². The number of carbonyl (C=O) groups excluding carboxylic acids is 3. The van der Waals surface area contributed by atoms with Crippen molar-refractivity contribution in [2.45, 2.75) is 232 Å². The summed E-state index contributed by atoms with van der Waals surface area (Å²) < 4.78 is 16.6. The minimum atomic E-state index is -0.767. The molecule has 1 unspecified atom stereocenters. The zero-order valence-electron chi connectivity index (χ0n) is 33.9. The number of carbonyl (C=O) groups is 3. The SMILES string of the molecule is CCCC/C=C\C/C=C\CCCCCCCC(=O)OCC(COC(=O)CCCCCCCCCCC)OC(=O)CCCCCCCCCCCC. The second kappa shape index (κ2) is 40.7. The molecule has 0 aliphatic rings. The zero-order chi connectivity index (χ0) is 37.3. The highest BCUT2D eigenvalue weighted by Gasteiger charge is 2.19. The molecule has 0 spiro atoms. The minimum absolute atomic E-state index is 0.0725.